The third-order valence-corrected chi connectivity index (χ3v) is 16.0. The lowest BCUT2D eigenvalue weighted by Crippen LogP contribution is -2.46. The van der Waals surface area contributed by atoms with Crippen molar-refractivity contribution in [1.29, 1.82) is 0 Å². The lowest BCUT2D eigenvalue weighted by atomic mass is 10.0. The summed E-state index contributed by atoms with van der Waals surface area (Å²) in [7, 11) is 0. The highest BCUT2D eigenvalue weighted by Crippen LogP contribution is 2.20. The number of carbonyl (C=O) groups is 2. The number of nitrogens with one attached hydrogen (secondary N) is 3. The minimum atomic E-state index is -1.07. The van der Waals surface area contributed by atoms with Gasteiger partial charge in [-0.1, -0.05) is 379 Å². The van der Waals surface area contributed by atoms with Crippen molar-refractivity contribution < 1.29 is 19.8 Å². The summed E-state index contributed by atoms with van der Waals surface area (Å²) < 4.78 is 0. The first-order valence-electron chi connectivity index (χ1n) is 33.3. The minimum absolute atomic E-state index is 0.344. The Morgan fingerprint density at radius 1 is 0.208 bits per heavy atom. The fourth-order valence-corrected chi connectivity index (χ4v) is 11.1. The highest BCUT2D eigenvalue weighted by molar-refractivity contribution is 5.66. The highest BCUT2D eigenvalue weighted by atomic mass is 16.4. The molecule has 0 aliphatic carbocycles. The second-order valence-corrected chi connectivity index (χ2v) is 23.2. The van der Waals surface area contributed by atoms with Crippen LogP contribution in [0, 0.1) is 0 Å². The van der Waals surface area contributed by atoms with Crippen LogP contribution in [0.4, 0.5) is 4.79 Å². The van der Waals surface area contributed by atoms with Crippen LogP contribution in [0.25, 0.3) is 0 Å². The Morgan fingerprint density at radius 2 is 0.347 bits per heavy atom. The van der Waals surface area contributed by atoms with Gasteiger partial charge >= 0.3 is 12.1 Å². The molecule has 0 saturated heterocycles. The van der Waals surface area contributed by atoms with Gasteiger partial charge < -0.3 is 10.2 Å². The van der Waals surface area contributed by atoms with Crippen LogP contribution in [0.5, 0.6) is 0 Å². The molecule has 0 aromatic rings. The van der Waals surface area contributed by atoms with Gasteiger partial charge in [0.1, 0.15) is 0 Å². The molecule has 7 heteroatoms. The largest absolute Gasteiger partial charge is 0.481 e. The molecular formula is C65H131N3O4. The highest BCUT2D eigenvalue weighted by Gasteiger charge is 2.01. The van der Waals surface area contributed by atoms with E-state index in [0.29, 0.717) is 6.42 Å². The Kier molecular flexibility index (Phi) is 64.5. The van der Waals surface area contributed by atoms with Crippen LogP contribution in [0.2, 0.25) is 0 Å². The van der Waals surface area contributed by atoms with Crippen molar-refractivity contribution in [1.82, 2.24) is 16.4 Å². The quantitative estimate of drug-likeness (QED) is 0.0307. The molecule has 0 fully saturated rings. The number of rotatable bonds is 66. The van der Waals surface area contributed by atoms with Crippen molar-refractivity contribution in [2.45, 2.75) is 398 Å². The molecule has 0 radical (unpaired) electrons. The van der Waals surface area contributed by atoms with Crippen molar-refractivity contribution in [3.05, 3.63) is 0 Å². The first-order valence-corrected chi connectivity index (χ1v) is 33.3. The molecule has 0 heterocycles. The monoisotopic (exact) mass is 1020 g/mol. The summed E-state index contributed by atoms with van der Waals surface area (Å²) in [6.07, 6.45) is 85.8. The van der Waals surface area contributed by atoms with Gasteiger partial charge in [0.2, 0.25) is 0 Å². The van der Waals surface area contributed by atoms with E-state index < -0.39 is 12.1 Å². The van der Waals surface area contributed by atoms with Crippen LogP contribution in [0.3, 0.4) is 0 Å². The molecule has 0 atom stereocenters. The van der Waals surface area contributed by atoms with E-state index in [1.165, 1.54) is 372 Å². The average molecular weight is 1020 g/mol. The van der Waals surface area contributed by atoms with Crippen LogP contribution >= 0.6 is 0 Å². The van der Waals surface area contributed by atoms with E-state index in [-0.39, 0.29) is 0 Å². The molecule has 0 aromatic heterocycles. The molecule has 0 aliphatic rings. The second kappa shape index (κ2) is 65.8. The molecule has 0 spiro atoms. The van der Waals surface area contributed by atoms with E-state index in [4.69, 9.17) is 10.2 Å². The van der Waals surface area contributed by atoms with Crippen LogP contribution in [0.15, 0.2) is 0 Å². The lowest BCUT2D eigenvalue weighted by molar-refractivity contribution is -0.137. The minimum Gasteiger partial charge on any atom is -0.481 e. The molecule has 0 bridgehead atoms. The maximum atomic E-state index is 10.5. The summed E-state index contributed by atoms with van der Waals surface area (Å²) in [5.74, 6) is -0.648. The first-order chi connectivity index (χ1) is 35.6. The van der Waals surface area contributed by atoms with Crippen LogP contribution in [0.1, 0.15) is 398 Å². The zero-order valence-corrected chi connectivity index (χ0v) is 48.8. The molecule has 7 nitrogen and oxygen atoms in total. The Balaban J connectivity index is 3.08. The van der Waals surface area contributed by atoms with E-state index in [0.717, 1.165) is 25.8 Å². The molecule has 1 amide bonds. The predicted octanol–water partition coefficient (Wildman–Crippen LogP) is 22.5. The summed E-state index contributed by atoms with van der Waals surface area (Å²) in [5, 5.41) is 17.2. The van der Waals surface area contributed by atoms with E-state index in [1.54, 1.807) is 0 Å². The number of hydrazine groups is 2. The summed E-state index contributed by atoms with van der Waals surface area (Å²) in [5.41, 5.74) is 7.42. The standard InChI is InChI=1S/C65H131N3O4/c69-64(70)62-60-58-56-54-52-50-48-46-44-42-40-38-36-34-32-30-28-26-24-22-20-18-16-14-12-10-8-6-4-2-1-3-5-7-9-11-13-15-17-19-21-23-25-27-29-31-33-35-37-39-41-43-45-47-49-51-53-55-57-59-61-63-66-68-67-65(71)72/h66-68H,1-63H2,(H,69,70)(H,71,72). The van der Waals surface area contributed by atoms with E-state index >= 15 is 0 Å². The average Bonchev–Trinajstić information content (AvgIpc) is 3.37. The van der Waals surface area contributed by atoms with Crippen LogP contribution in [-0.4, -0.2) is 28.8 Å². The van der Waals surface area contributed by atoms with Crippen molar-refractivity contribution in [2.75, 3.05) is 6.54 Å². The van der Waals surface area contributed by atoms with Crippen molar-refractivity contribution in [3.8, 4) is 0 Å². The van der Waals surface area contributed by atoms with E-state index in [1.807, 2.05) is 0 Å². The van der Waals surface area contributed by atoms with Gasteiger partial charge in [-0.15, -0.1) is 0 Å². The number of hydrogen-bond acceptors (Lipinski definition) is 4. The van der Waals surface area contributed by atoms with Gasteiger partial charge in [-0.05, 0) is 12.8 Å². The topological polar surface area (TPSA) is 111 Å². The van der Waals surface area contributed by atoms with Gasteiger partial charge in [0, 0.05) is 13.0 Å². The number of carboxylic acid groups (broad SMARTS) is 2. The predicted molar refractivity (Wildman–Crippen MR) is 316 cm³/mol. The Bertz CT molecular complexity index is 935. The number of amides is 1. The van der Waals surface area contributed by atoms with Crippen LogP contribution in [-0.2, 0) is 4.79 Å². The molecule has 0 aromatic carbocycles. The lowest BCUT2D eigenvalue weighted by Gasteiger charge is -2.06. The fraction of sp³-hybridized carbons (Fsp3) is 0.969. The van der Waals surface area contributed by atoms with E-state index in [9.17, 15) is 9.59 Å². The third kappa shape index (κ3) is 68.7. The maximum Gasteiger partial charge on any atom is 0.420 e. The summed E-state index contributed by atoms with van der Waals surface area (Å²) in [4.78, 5) is 20.9. The molecule has 5 N–H and O–H groups in total. The maximum absolute atomic E-state index is 10.5. The summed E-state index contributed by atoms with van der Waals surface area (Å²) in [6.45, 7) is 0.790. The zero-order chi connectivity index (χ0) is 51.8. The number of unbranched alkanes of at least 4 members (excludes halogenated alkanes) is 60. The first kappa shape index (κ1) is 70.7. The van der Waals surface area contributed by atoms with Gasteiger partial charge in [0.25, 0.3) is 0 Å². The normalized spacial score (nSPS) is 11.6. The van der Waals surface area contributed by atoms with Gasteiger partial charge in [0.15, 0.2) is 0 Å². The van der Waals surface area contributed by atoms with Crippen molar-refractivity contribution in [2.24, 2.45) is 0 Å². The number of aliphatic carboxylic acids is 1. The van der Waals surface area contributed by atoms with Gasteiger partial charge in [0.05, 0.1) is 0 Å². The van der Waals surface area contributed by atoms with Gasteiger partial charge in [-0.25, -0.2) is 15.6 Å². The van der Waals surface area contributed by atoms with E-state index in [2.05, 4.69) is 16.4 Å². The summed E-state index contributed by atoms with van der Waals surface area (Å²) >= 11 is 0. The molecular weight excluding hydrogens is 887 g/mol. The molecule has 430 valence electrons. The van der Waals surface area contributed by atoms with Gasteiger partial charge in [-0.3, -0.25) is 4.79 Å². The Hall–Kier alpha value is -1.34. The Morgan fingerprint density at radius 3 is 0.486 bits per heavy atom. The molecule has 72 heavy (non-hydrogen) atoms. The van der Waals surface area contributed by atoms with Crippen molar-refractivity contribution in [3.63, 3.8) is 0 Å². The molecule has 0 aliphatic heterocycles. The third-order valence-electron chi connectivity index (χ3n) is 16.0. The SMILES string of the molecule is O=C(O)CCCCCCCCCCCCCCCCCCCCCCCCCCCCCCCCCCCCCCCCCCCCCCCCCCCCCCCCCCCCCCCNNNC(=O)O. The van der Waals surface area contributed by atoms with Crippen molar-refractivity contribution >= 4 is 12.1 Å². The fourth-order valence-electron chi connectivity index (χ4n) is 11.1. The zero-order valence-electron chi connectivity index (χ0n) is 48.8. The second-order valence-electron chi connectivity index (χ2n) is 23.2. The Labute approximate surface area is 451 Å². The molecule has 0 saturated carbocycles. The number of hydrogen-bond donors (Lipinski definition) is 5. The summed E-state index contributed by atoms with van der Waals surface area (Å²) in [6, 6.07) is 0. The molecule has 0 unspecified atom stereocenters. The smallest absolute Gasteiger partial charge is 0.420 e. The van der Waals surface area contributed by atoms with Crippen LogP contribution < -0.4 is 16.4 Å². The number of carboxylic acids is 1. The molecule has 0 rings (SSSR count). The van der Waals surface area contributed by atoms with Gasteiger partial charge in [-0.2, -0.15) is 5.53 Å².